The molecule has 0 N–H and O–H groups in total. The first-order valence-electron chi connectivity index (χ1n) is 10.5. The molecule has 0 spiro atoms. The number of ether oxygens (including phenoxy) is 1. The van der Waals surface area contributed by atoms with Gasteiger partial charge < -0.3 is 4.74 Å². The second-order valence-corrected chi connectivity index (χ2v) is 9.84. The first kappa shape index (κ1) is 20.3. The molecule has 2 atom stereocenters. The van der Waals surface area contributed by atoms with Crippen LogP contribution in [0.15, 0.2) is 40.5 Å². The molecule has 4 rings (SSSR count). The highest BCUT2D eigenvalue weighted by Gasteiger charge is 2.46. The SMILES string of the molecule is CC1=NC2=C(C(=O)CC(C)(C)C2)[C@H](c2cccc(Cl)c2)C1C(=O)OC1CCCC1. The van der Waals surface area contributed by atoms with Crippen LogP contribution >= 0.6 is 11.6 Å². The van der Waals surface area contributed by atoms with E-state index in [4.69, 9.17) is 21.3 Å². The maximum atomic E-state index is 13.3. The lowest BCUT2D eigenvalue weighted by Crippen LogP contribution is -2.40. The summed E-state index contributed by atoms with van der Waals surface area (Å²) in [5.74, 6) is -1.17. The van der Waals surface area contributed by atoms with Crippen LogP contribution < -0.4 is 0 Å². The summed E-state index contributed by atoms with van der Waals surface area (Å²) in [5.41, 5.74) is 2.96. The normalized spacial score (nSPS) is 26.9. The van der Waals surface area contributed by atoms with Crippen molar-refractivity contribution in [3.8, 4) is 0 Å². The van der Waals surface area contributed by atoms with Gasteiger partial charge in [0.15, 0.2) is 5.78 Å². The molecule has 4 nitrogen and oxygen atoms in total. The van der Waals surface area contributed by atoms with Gasteiger partial charge in [-0.15, -0.1) is 0 Å². The lowest BCUT2D eigenvalue weighted by atomic mass is 9.67. The molecule has 0 radical (unpaired) electrons. The number of ketones is 1. The molecule has 154 valence electrons. The van der Waals surface area contributed by atoms with E-state index < -0.39 is 11.8 Å². The molecule has 3 aliphatic rings. The summed E-state index contributed by atoms with van der Waals surface area (Å²) in [6, 6.07) is 7.48. The van der Waals surface area contributed by atoms with E-state index in [9.17, 15) is 9.59 Å². The number of benzene rings is 1. The Labute approximate surface area is 177 Å². The number of allylic oxidation sites excluding steroid dienone is 2. The van der Waals surface area contributed by atoms with Crippen LogP contribution in [0.2, 0.25) is 5.02 Å². The Kier molecular flexibility index (Phi) is 5.41. The molecular weight excluding hydrogens is 386 g/mol. The summed E-state index contributed by atoms with van der Waals surface area (Å²) >= 11 is 6.27. The predicted molar refractivity (Wildman–Crippen MR) is 114 cm³/mol. The molecule has 2 aliphatic carbocycles. The fraction of sp³-hybridized carbons (Fsp3) is 0.542. The number of nitrogens with zero attached hydrogens (tertiary/aromatic N) is 1. The summed E-state index contributed by atoms with van der Waals surface area (Å²) in [6.07, 6.45) is 5.18. The van der Waals surface area contributed by atoms with E-state index in [1.807, 2.05) is 31.2 Å². The number of hydrogen-bond acceptors (Lipinski definition) is 4. The average molecular weight is 414 g/mol. The number of esters is 1. The van der Waals surface area contributed by atoms with Gasteiger partial charge in [0.1, 0.15) is 12.0 Å². The van der Waals surface area contributed by atoms with Crippen molar-refractivity contribution in [2.45, 2.75) is 71.3 Å². The summed E-state index contributed by atoms with van der Waals surface area (Å²) in [7, 11) is 0. The van der Waals surface area contributed by atoms with E-state index in [1.54, 1.807) is 0 Å². The first-order chi connectivity index (χ1) is 13.7. The van der Waals surface area contributed by atoms with Crippen LogP contribution in [-0.4, -0.2) is 23.6 Å². The van der Waals surface area contributed by atoms with Crippen molar-refractivity contribution in [1.29, 1.82) is 0 Å². The fourth-order valence-electron chi connectivity index (χ4n) is 5.05. The molecule has 5 heteroatoms. The minimum absolute atomic E-state index is 0.0216. The quantitative estimate of drug-likeness (QED) is 0.602. The van der Waals surface area contributed by atoms with Crippen LogP contribution in [-0.2, 0) is 14.3 Å². The van der Waals surface area contributed by atoms with Crippen molar-refractivity contribution < 1.29 is 14.3 Å². The standard InChI is InChI=1S/C24H28ClNO3/c1-14-20(23(28)29-17-9-4-5-10-17)21(15-7-6-8-16(25)11-15)22-18(26-14)12-24(2,3)13-19(22)27/h6-8,11,17,20-21H,4-5,9-10,12-13H2,1-3H3/t20?,21-/m1/s1. The molecule has 0 saturated heterocycles. The number of Topliss-reactive ketones (excluding diaryl/α,β-unsaturated/α-hetero) is 1. The maximum absolute atomic E-state index is 13.3. The van der Waals surface area contributed by atoms with E-state index in [0.717, 1.165) is 49.1 Å². The van der Waals surface area contributed by atoms with Gasteiger partial charge in [0.2, 0.25) is 0 Å². The second-order valence-electron chi connectivity index (χ2n) is 9.41. The highest BCUT2D eigenvalue weighted by atomic mass is 35.5. The number of carbonyl (C=O) groups is 2. The van der Waals surface area contributed by atoms with Gasteiger partial charge in [-0.2, -0.15) is 0 Å². The van der Waals surface area contributed by atoms with Crippen LogP contribution in [0.4, 0.5) is 0 Å². The highest BCUT2D eigenvalue weighted by Crippen LogP contribution is 2.48. The molecule has 1 aliphatic heterocycles. The third-order valence-electron chi connectivity index (χ3n) is 6.35. The Morgan fingerprint density at radius 1 is 1.21 bits per heavy atom. The average Bonchev–Trinajstić information content (AvgIpc) is 3.12. The van der Waals surface area contributed by atoms with Crippen LogP contribution in [0.1, 0.15) is 70.8 Å². The van der Waals surface area contributed by atoms with E-state index >= 15 is 0 Å². The van der Waals surface area contributed by atoms with Crippen LogP contribution in [0.25, 0.3) is 0 Å². The van der Waals surface area contributed by atoms with E-state index in [2.05, 4.69) is 13.8 Å². The summed E-state index contributed by atoms with van der Waals surface area (Å²) in [5, 5.41) is 0.594. The Morgan fingerprint density at radius 3 is 2.62 bits per heavy atom. The highest BCUT2D eigenvalue weighted by molar-refractivity contribution is 6.30. The van der Waals surface area contributed by atoms with Crippen LogP contribution in [0.3, 0.4) is 0 Å². The topological polar surface area (TPSA) is 55.7 Å². The largest absolute Gasteiger partial charge is 0.462 e. The number of hydrogen-bond donors (Lipinski definition) is 0. The molecule has 1 aromatic rings. The van der Waals surface area contributed by atoms with Crippen molar-refractivity contribution in [3.63, 3.8) is 0 Å². The molecular formula is C24H28ClNO3. The molecule has 1 heterocycles. The molecule has 1 fully saturated rings. The third-order valence-corrected chi connectivity index (χ3v) is 6.58. The minimum atomic E-state index is -0.585. The Hall–Kier alpha value is -1.94. The fourth-order valence-corrected chi connectivity index (χ4v) is 5.25. The van der Waals surface area contributed by atoms with Crippen LogP contribution in [0.5, 0.6) is 0 Å². The summed E-state index contributed by atoms with van der Waals surface area (Å²) in [6.45, 7) is 6.07. The number of carbonyl (C=O) groups excluding carboxylic acids is 2. The molecule has 1 aromatic carbocycles. The Bertz CT molecular complexity index is 908. The molecule has 1 saturated carbocycles. The van der Waals surface area contributed by atoms with Gasteiger partial charge in [0.25, 0.3) is 0 Å². The zero-order valence-electron chi connectivity index (χ0n) is 17.3. The van der Waals surface area contributed by atoms with Gasteiger partial charge in [0, 0.05) is 34.3 Å². The van der Waals surface area contributed by atoms with Crippen molar-refractivity contribution in [2.24, 2.45) is 16.3 Å². The van der Waals surface area contributed by atoms with E-state index in [-0.39, 0.29) is 23.3 Å². The summed E-state index contributed by atoms with van der Waals surface area (Å²) in [4.78, 5) is 31.3. The lowest BCUT2D eigenvalue weighted by Gasteiger charge is -2.39. The summed E-state index contributed by atoms with van der Waals surface area (Å²) < 4.78 is 5.87. The van der Waals surface area contributed by atoms with Gasteiger partial charge in [-0.05, 0) is 62.1 Å². The minimum Gasteiger partial charge on any atom is -0.462 e. The van der Waals surface area contributed by atoms with Crippen LogP contribution in [0, 0.1) is 11.3 Å². The van der Waals surface area contributed by atoms with Crippen molar-refractivity contribution in [2.75, 3.05) is 0 Å². The molecule has 0 aromatic heterocycles. The first-order valence-corrected chi connectivity index (χ1v) is 10.9. The third kappa shape index (κ3) is 4.05. The van der Waals surface area contributed by atoms with Gasteiger partial charge in [-0.25, -0.2) is 0 Å². The molecule has 0 amide bonds. The van der Waals surface area contributed by atoms with Crippen molar-refractivity contribution in [3.05, 3.63) is 46.1 Å². The van der Waals surface area contributed by atoms with E-state index in [1.165, 1.54) is 0 Å². The van der Waals surface area contributed by atoms with Gasteiger partial charge in [0.05, 0.1) is 0 Å². The van der Waals surface area contributed by atoms with Gasteiger partial charge >= 0.3 is 5.97 Å². The molecule has 1 unspecified atom stereocenters. The Balaban J connectivity index is 1.78. The monoisotopic (exact) mass is 413 g/mol. The maximum Gasteiger partial charge on any atom is 0.315 e. The zero-order chi connectivity index (χ0) is 20.8. The smallest absolute Gasteiger partial charge is 0.315 e. The second kappa shape index (κ2) is 7.71. The number of halogens is 1. The van der Waals surface area contributed by atoms with E-state index in [0.29, 0.717) is 17.0 Å². The number of aliphatic imine (C=N–C) groups is 1. The van der Waals surface area contributed by atoms with Gasteiger partial charge in [-0.1, -0.05) is 37.6 Å². The predicted octanol–water partition coefficient (Wildman–Crippen LogP) is 5.64. The lowest BCUT2D eigenvalue weighted by molar-refractivity contribution is -0.151. The van der Waals surface area contributed by atoms with Crippen molar-refractivity contribution >= 4 is 29.1 Å². The van der Waals surface area contributed by atoms with Crippen molar-refractivity contribution in [1.82, 2.24) is 0 Å². The van der Waals surface area contributed by atoms with Gasteiger partial charge in [-0.3, -0.25) is 14.6 Å². The molecule has 0 bridgehead atoms. The number of rotatable bonds is 3. The molecule has 29 heavy (non-hydrogen) atoms. The zero-order valence-corrected chi connectivity index (χ0v) is 18.1. The Morgan fingerprint density at radius 2 is 1.93 bits per heavy atom.